The van der Waals surface area contributed by atoms with Crippen LogP contribution >= 0.6 is 0 Å². The molecule has 1 aliphatic rings. The first-order valence-electron chi connectivity index (χ1n) is 6.14. The highest BCUT2D eigenvalue weighted by molar-refractivity contribution is 6.19. The Balaban J connectivity index is 3.30. The summed E-state index contributed by atoms with van der Waals surface area (Å²) in [6.07, 6.45) is 2.29. The fourth-order valence-electron chi connectivity index (χ4n) is 2.13. The molecule has 0 spiro atoms. The number of hydrogen-bond donors (Lipinski definition) is 1. The van der Waals surface area contributed by atoms with Gasteiger partial charge in [0.1, 0.15) is 5.41 Å². The van der Waals surface area contributed by atoms with Gasteiger partial charge < -0.3 is 0 Å². The van der Waals surface area contributed by atoms with Gasteiger partial charge >= 0.3 is 6.03 Å². The first kappa shape index (κ1) is 15.0. The zero-order chi connectivity index (χ0) is 14.6. The number of nitrogens with one attached hydrogen (secondary N) is 1. The Kier molecular flexibility index (Phi) is 4.49. The minimum atomic E-state index is -1.37. The van der Waals surface area contributed by atoms with Crippen molar-refractivity contribution in [3.8, 4) is 11.8 Å². The maximum atomic E-state index is 12.4. The molecule has 0 aromatic carbocycles. The highest BCUT2D eigenvalue weighted by Gasteiger charge is 2.55. The van der Waals surface area contributed by atoms with Crippen LogP contribution in [0.25, 0.3) is 0 Å². The molecule has 1 saturated heterocycles. The minimum absolute atomic E-state index is 0.148. The van der Waals surface area contributed by atoms with Crippen LogP contribution in [0.1, 0.15) is 26.7 Å². The first-order valence-corrected chi connectivity index (χ1v) is 6.14. The second-order valence-electron chi connectivity index (χ2n) is 4.48. The summed E-state index contributed by atoms with van der Waals surface area (Å²) in [5, 5.41) is 2.20. The van der Waals surface area contributed by atoms with Gasteiger partial charge in [-0.3, -0.25) is 19.8 Å². The van der Waals surface area contributed by atoms with Gasteiger partial charge in [0.2, 0.25) is 11.8 Å². The summed E-state index contributed by atoms with van der Waals surface area (Å²) in [5.74, 6) is 4.16. The second-order valence-corrected chi connectivity index (χ2v) is 4.48. The van der Waals surface area contributed by atoms with Crippen molar-refractivity contribution in [1.82, 2.24) is 10.2 Å². The Morgan fingerprint density at radius 1 is 1.47 bits per heavy atom. The van der Waals surface area contributed by atoms with Crippen molar-refractivity contribution in [3.05, 3.63) is 12.7 Å². The van der Waals surface area contributed by atoms with Gasteiger partial charge in [-0.2, -0.15) is 0 Å². The van der Waals surface area contributed by atoms with Crippen LogP contribution < -0.4 is 5.32 Å². The summed E-state index contributed by atoms with van der Waals surface area (Å²) in [4.78, 5) is 37.0. The smallest absolute Gasteiger partial charge is 0.277 e. The maximum absolute atomic E-state index is 12.4. The van der Waals surface area contributed by atoms with Crippen molar-refractivity contribution in [3.63, 3.8) is 0 Å². The molecule has 0 aliphatic carbocycles. The molecule has 5 nitrogen and oxygen atoms in total. The van der Waals surface area contributed by atoms with Crippen molar-refractivity contribution in [1.29, 1.82) is 0 Å². The van der Waals surface area contributed by atoms with Gasteiger partial charge in [-0.1, -0.05) is 18.9 Å². The molecular formula is C14H18N2O3. The molecule has 0 aromatic rings. The number of carbonyl (C=O) groups is 3. The van der Waals surface area contributed by atoms with E-state index in [1.54, 1.807) is 6.92 Å². The fourth-order valence-corrected chi connectivity index (χ4v) is 2.13. The molecule has 0 radical (unpaired) electrons. The number of rotatable bonds is 3. The van der Waals surface area contributed by atoms with E-state index in [0.717, 1.165) is 4.90 Å². The lowest BCUT2D eigenvalue weighted by Gasteiger charge is -2.39. The summed E-state index contributed by atoms with van der Waals surface area (Å²) in [7, 11) is 1.35. The number of urea groups is 1. The summed E-state index contributed by atoms with van der Waals surface area (Å²) in [5.41, 5.74) is -1.37. The average molecular weight is 262 g/mol. The van der Waals surface area contributed by atoms with Gasteiger partial charge in [0.05, 0.1) is 0 Å². The van der Waals surface area contributed by atoms with Gasteiger partial charge in [-0.25, -0.2) is 4.79 Å². The van der Waals surface area contributed by atoms with E-state index in [9.17, 15) is 14.4 Å². The number of carbonyl (C=O) groups excluding carboxylic acids is 3. The molecular weight excluding hydrogens is 244 g/mol. The zero-order valence-electron chi connectivity index (χ0n) is 11.4. The molecule has 1 fully saturated rings. The molecule has 1 heterocycles. The Hall–Kier alpha value is -2.09. The Bertz CT molecular complexity index is 487. The molecule has 4 amide bonds. The van der Waals surface area contributed by atoms with Crippen LogP contribution in [0.4, 0.5) is 4.79 Å². The van der Waals surface area contributed by atoms with E-state index in [-0.39, 0.29) is 6.42 Å². The van der Waals surface area contributed by atoms with Crippen molar-refractivity contribution < 1.29 is 14.4 Å². The van der Waals surface area contributed by atoms with Crippen molar-refractivity contribution in [2.24, 2.45) is 11.3 Å². The number of barbiturate groups is 1. The van der Waals surface area contributed by atoms with E-state index in [1.807, 2.05) is 6.92 Å². The number of nitrogens with zero attached hydrogens (tertiary/aromatic N) is 1. The molecule has 5 heteroatoms. The van der Waals surface area contributed by atoms with Crippen molar-refractivity contribution in [2.45, 2.75) is 26.7 Å². The molecule has 0 aromatic heterocycles. The van der Waals surface area contributed by atoms with Crippen molar-refractivity contribution >= 4 is 17.8 Å². The van der Waals surface area contributed by atoms with Crippen LogP contribution in [0.15, 0.2) is 12.7 Å². The van der Waals surface area contributed by atoms with Crippen LogP contribution in [0.5, 0.6) is 0 Å². The van der Waals surface area contributed by atoms with Gasteiger partial charge in [0, 0.05) is 19.4 Å². The lowest BCUT2D eigenvalue weighted by Crippen LogP contribution is -2.64. The molecule has 2 atom stereocenters. The third-order valence-corrected chi connectivity index (χ3v) is 3.32. The van der Waals surface area contributed by atoms with Crippen LogP contribution in [-0.2, 0) is 9.59 Å². The number of imide groups is 2. The normalized spacial score (nSPS) is 24.4. The molecule has 1 rings (SSSR count). The summed E-state index contributed by atoms with van der Waals surface area (Å²) < 4.78 is 0. The zero-order valence-corrected chi connectivity index (χ0v) is 11.4. The molecule has 0 saturated carbocycles. The van der Waals surface area contributed by atoms with E-state index >= 15 is 0 Å². The quantitative estimate of drug-likeness (QED) is 0.473. The average Bonchev–Trinajstić information content (AvgIpc) is 2.38. The molecule has 19 heavy (non-hydrogen) atoms. The molecule has 1 N–H and O–H groups in total. The van der Waals surface area contributed by atoms with Crippen molar-refractivity contribution in [2.75, 3.05) is 7.05 Å². The standard InChI is InChI=1S/C14H18N2O3/c1-5-7-8-10(3)14(9-6-2)11(17)15-13(19)16(4)12(14)18/h6,10H,2,5,9H2,1,3-4H3,(H,15,17,19)/t10-,14+/m0/s1. The molecule has 102 valence electrons. The molecule has 0 unspecified atom stereocenters. The second kappa shape index (κ2) is 5.70. The Morgan fingerprint density at radius 3 is 2.63 bits per heavy atom. The SMILES string of the molecule is C=CC[C@@]1([C@@H](C)C#CCC)C(=O)NC(=O)N(C)C1=O. The predicted molar refractivity (Wildman–Crippen MR) is 70.8 cm³/mol. The summed E-state index contributed by atoms with van der Waals surface area (Å²) >= 11 is 0. The van der Waals surface area contributed by atoms with Crippen LogP contribution in [0.2, 0.25) is 0 Å². The monoisotopic (exact) mass is 262 g/mol. The predicted octanol–water partition coefficient (Wildman–Crippen LogP) is 1.31. The third-order valence-electron chi connectivity index (χ3n) is 3.32. The maximum Gasteiger partial charge on any atom is 0.330 e. The van der Waals surface area contributed by atoms with E-state index in [4.69, 9.17) is 0 Å². The lowest BCUT2D eigenvalue weighted by atomic mass is 9.71. The first-order chi connectivity index (χ1) is 8.91. The topological polar surface area (TPSA) is 66.5 Å². The largest absolute Gasteiger partial charge is 0.330 e. The van der Waals surface area contributed by atoms with Crippen LogP contribution in [0.3, 0.4) is 0 Å². The number of amides is 4. The molecule has 0 bridgehead atoms. The highest BCUT2D eigenvalue weighted by Crippen LogP contribution is 2.36. The van der Waals surface area contributed by atoms with Crippen LogP contribution in [0, 0.1) is 23.2 Å². The summed E-state index contributed by atoms with van der Waals surface area (Å²) in [6.45, 7) is 7.19. The fraction of sp³-hybridized carbons (Fsp3) is 0.500. The van der Waals surface area contributed by atoms with E-state index in [0.29, 0.717) is 6.42 Å². The lowest BCUT2D eigenvalue weighted by molar-refractivity contribution is -0.152. The summed E-state index contributed by atoms with van der Waals surface area (Å²) in [6, 6.07) is -0.703. The van der Waals surface area contributed by atoms with E-state index < -0.39 is 29.2 Å². The van der Waals surface area contributed by atoms with Gasteiger partial charge in [0.15, 0.2) is 0 Å². The Morgan fingerprint density at radius 2 is 2.11 bits per heavy atom. The number of allylic oxidation sites excluding steroid dienone is 1. The van der Waals surface area contributed by atoms with E-state index in [1.165, 1.54) is 13.1 Å². The molecule has 1 aliphatic heterocycles. The van der Waals surface area contributed by atoms with Gasteiger partial charge in [-0.15, -0.1) is 12.5 Å². The number of hydrogen-bond acceptors (Lipinski definition) is 3. The minimum Gasteiger partial charge on any atom is -0.277 e. The Labute approximate surface area is 113 Å². The van der Waals surface area contributed by atoms with Gasteiger partial charge in [0.25, 0.3) is 0 Å². The highest BCUT2D eigenvalue weighted by atomic mass is 16.2. The van der Waals surface area contributed by atoms with Gasteiger partial charge in [-0.05, 0) is 13.3 Å². The van der Waals surface area contributed by atoms with E-state index in [2.05, 4.69) is 23.7 Å². The van der Waals surface area contributed by atoms with Crippen LogP contribution in [-0.4, -0.2) is 29.8 Å². The third kappa shape index (κ3) is 2.39.